The Morgan fingerprint density at radius 2 is 1.84 bits per heavy atom. The van der Waals surface area contributed by atoms with Crippen LogP contribution in [-0.4, -0.2) is 50.3 Å². The van der Waals surface area contributed by atoms with E-state index in [4.69, 9.17) is 4.74 Å². The molecule has 0 aromatic carbocycles. The smallest absolute Gasteiger partial charge is 0.0589 e. The standard InChI is InChI=1S/C16H30N2O/c1-19-10-9-18-12-15(13-7-8-13)17-11-16(18)14-5-3-2-4-6-14/h13-17H,2-12H2,1H3. The largest absolute Gasteiger partial charge is 0.383 e. The van der Waals surface area contributed by atoms with Gasteiger partial charge in [-0.1, -0.05) is 19.3 Å². The Hall–Kier alpha value is -0.120. The molecule has 2 atom stereocenters. The van der Waals surface area contributed by atoms with Crippen molar-refractivity contribution >= 4 is 0 Å². The molecule has 0 spiro atoms. The number of piperazine rings is 1. The Morgan fingerprint density at radius 3 is 2.53 bits per heavy atom. The molecule has 3 nitrogen and oxygen atoms in total. The Bertz CT molecular complexity index is 274. The summed E-state index contributed by atoms with van der Waals surface area (Å²) >= 11 is 0. The molecular formula is C16H30N2O. The molecule has 2 unspecified atom stereocenters. The lowest BCUT2D eigenvalue weighted by Gasteiger charge is -2.45. The molecule has 0 radical (unpaired) electrons. The summed E-state index contributed by atoms with van der Waals surface area (Å²) in [7, 11) is 1.83. The third-order valence-corrected chi connectivity index (χ3v) is 5.46. The number of methoxy groups -OCH3 is 1. The molecule has 1 saturated heterocycles. The highest BCUT2D eigenvalue weighted by atomic mass is 16.5. The molecule has 3 heteroatoms. The van der Waals surface area contributed by atoms with Crippen molar-refractivity contribution < 1.29 is 4.74 Å². The van der Waals surface area contributed by atoms with E-state index < -0.39 is 0 Å². The van der Waals surface area contributed by atoms with E-state index in [0.29, 0.717) is 0 Å². The third-order valence-electron chi connectivity index (χ3n) is 5.46. The zero-order valence-electron chi connectivity index (χ0n) is 12.4. The Kier molecular flexibility index (Phi) is 4.78. The van der Waals surface area contributed by atoms with Gasteiger partial charge in [-0.3, -0.25) is 4.90 Å². The third kappa shape index (κ3) is 3.50. The monoisotopic (exact) mass is 266 g/mol. The molecule has 2 saturated carbocycles. The van der Waals surface area contributed by atoms with Crippen LogP contribution in [0.3, 0.4) is 0 Å². The molecule has 0 aromatic heterocycles. The van der Waals surface area contributed by atoms with Gasteiger partial charge in [-0.25, -0.2) is 0 Å². The highest BCUT2D eigenvalue weighted by Crippen LogP contribution is 2.36. The number of rotatable bonds is 5. The van der Waals surface area contributed by atoms with Crippen molar-refractivity contribution in [1.29, 1.82) is 0 Å². The summed E-state index contributed by atoms with van der Waals surface area (Å²) in [5.74, 6) is 1.90. The van der Waals surface area contributed by atoms with Gasteiger partial charge in [-0.15, -0.1) is 0 Å². The Labute approximate surface area is 118 Å². The van der Waals surface area contributed by atoms with Crippen LogP contribution in [0.15, 0.2) is 0 Å². The van der Waals surface area contributed by atoms with Crippen LogP contribution in [0.25, 0.3) is 0 Å². The van der Waals surface area contributed by atoms with E-state index in [1.165, 1.54) is 58.0 Å². The molecule has 0 aromatic rings. The van der Waals surface area contributed by atoms with E-state index in [1.807, 2.05) is 7.11 Å². The lowest BCUT2D eigenvalue weighted by molar-refractivity contribution is 0.0441. The van der Waals surface area contributed by atoms with E-state index in [9.17, 15) is 0 Å². The minimum Gasteiger partial charge on any atom is -0.383 e. The molecular weight excluding hydrogens is 236 g/mol. The van der Waals surface area contributed by atoms with Crippen molar-refractivity contribution in [2.75, 3.05) is 33.4 Å². The molecule has 19 heavy (non-hydrogen) atoms. The number of hydrogen-bond donors (Lipinski definition) is 1. The average Bonchev–Trinajstić information content (AvgIpc) is 3.30. The van der Waals surface area contributed by atoms with Crippen molar-refractivity contribution in [3.05, 3.63) is 0 Å². The van der Waals surface area contributed by atoms with Crippen LogP contribution in [0.5, 0.6) is 0 Å². The number of nitrogens with zero attached hydrogens (tertiary/aromatic N) is 1. The minimum atomic E-state index is 0.761. The van der Waals surface area contributed by atoms with Crippen LogP contribution < -0.4 is 5.32 Å². The minimum absolute atomic E-state index is 0.761. The van der Waals surface area contributed by atoms with Crippen molar-refractivity contribution in [3.8, 4) is 0 Å². The maximum atomic E-state index is 5.33. The van der Waals surface area contributed by atoms with Gasteiger partial charge in [0, 0.05) is 38.8 Å². The van der Waals surface area contributed by atoms with Crippen molar-refractivity contribution in [2.45, 2.75) is 57.0 Å². The summed E-state index contributed by atoms with van der Waals surface area (Å²) < 4.78 is 5.33. The van der Waals surface area contributed by atoms with Gasteiger partial charge in [0.05, 0.1) is 6.61 Å². The van der Waals surface area contributed by atoms with Gasteiger partial charge in [0.1, 0.15) is 0 Å². The maximum Gasteiger partial charge on any atom is 0.0589 e. The van der Waals surface area contributed by atoms with Crippen LogP contribution >= 0.6 is 0 Å². The number of hydrogen-bond acceptors (Lipinski definition) is 3. The second-order valence-electron chi connectivity index (χ2n) is 6.81. The molecule has 1 N–H and O–H groups in total. The van der Waals surface area contributed by atoms with Gasteiger partial charge in [0.25, 0.3) is 0 Å². The summed E-state index contributed by atoms with van der Waals surface area (Å²) in [6, 6.07) is 1.53. The first kappa shape index (κ1) is 13.8. The Morgan fingerprint density at radius 1 is 1.05 bits per heavy atom. The first-order valence-electron chi connectivity index (χ1n) is 8.35. The summed E-state index contributed by atoms with van der Waals surface area (Å²) in [5, 5.41) is 3.85. The molecule has 1 aliphatic heterocycles. The van der Waals surface area contributed by atoms with Gasteiger partial charge in [-0.05, 0) is 37.5 Å². The topological polar surface area (TPSA) is 24.5 Å². The van der Waals surface area contributed by atoms with Gasteiger partial charge in [-0.2, -0.15) is 0 Å². The molecule has 3 fully saturated rings. The zero-order chi connectivity index (χ0) is 13.1. The van der Waals surface area contributed by atoms with E-state index in [-0.39, 0.29) is 0 Å². The fraction of sp³-hybridized carbons (Fsp3) is 1.00. The van der Waals surface area contributed by atoms with Crippen LogP contribution in [0, 0.1) is 11.8 Å². The van der Waals surface area contributed by atoms with Crippen LogP contribution in [0.1, 0.15) is 44.9 Å². The second kappa shape index (κ2) is 6.55. The summed E-state index contributed by atoms with van der Waals surface area (Å²) in [6.45, 7) is 4.49. The number of nitrogens with one attached hydrogen (secondary N) is 1. The van der Waals surface area contributed by atoms with Gasteiger partial charge in [0.15, 0.2) is 0 Å². The van der Waals surface area contributed by atoms with E-state index in [0.717, 1.165) is 37.1 Å². The molecule has 0 bridgehead atoms. The summed E-state index contributed by atoms with van der Waals surface area (Å²) in [5.41, 5.74) is 0. The van der Waals surface area contributed by atoms with Crippen LogP contribution in [0.2, 0.25) is 0 Å². The van der Waals surface area contributed by atoms with Crippen molar-refractivity contribution in [1.82, 2.24) is 10.2 Å². The van der Waals surface area contributed by atoms with Crippen molar-refractivity contribution in [3.63, 3.8) is 0 Å². The average molecular weight is 266 g/mol. The van der Waals surface area contributed by atoms with Crippen LogP contribution in [0.4, 0.5) is 0 Å². The van der Waals surface area contributed by atoms with E-state index >= 15 is 0 Å². The van der Waals surface area contributed by atoms with E-state index in [2.05, 4.69) is 10.2 Å². The summed E-state index contributed by atoms with van der Waals surface area (Å²) in [6.07, 6.45) is 10.2. The predicted octanol–water partition coefficient (Wildman–Crippen LogP) is 2.27. The fourth-order valence-electron chi connectivity index (χ4n) is 4.12. The van der Waals surface area contributed by atoms with Gasteiger partial charge >= 0.3 is 0 Å². The normalized spacial score (nSPS) is 34.6. The van der Waals surface area contributed by atoms with Crippen LogP contribution in [-0.2, 0) is 4.74 Å². The molecule has 1 heterocycles. The Balaban J connectivity index is 1.59. The molecule has 3 rings (SSSR count). The highest BCUT2D eigenvalue weighted by molar-refractivity contribution is 4.96. The maximum absolute atomic E-state index is 5.33. The number of ether oxygens (including phenoxy) is 1. The zero-order valence-corrected chi connectivity index (χ0v) is 12.4. The molecule has 110 valence electrons. The first-order valence-corrected chi connectivity index (χ1v) is 8.35. The molecule has 3 aliphatic rings. The first-order chi connectivity index (χ1) is 9.38. The second-order valence-corrected chi connectivity index (χ2v) is 6.81. The summed E-state index contributed by atoms with van der Waals surface area (Å²) in [4.78, 5) is 2.75. The van der Waals surface area contributed by atoms with Gasteiger partial charge in [0.2, 0.25) is 0 Å². The van der Waals surface area contributed by atoms with Crippen molar-refractivity contribution in [2.24, 2.45) is 11.8 Å². The quantitative estimate of drug-likeness (QED) is 0.826. The SMILES string of the molecule is COCCN1CC(C2CC2)NCC1C1CCCCC1. The fourth-order valence-corrected chi connectivity index (χ4v) is 4.12. The molecule has 2 aliphatic carbocycles. The highest BCUT2D eigenvalue weighted by Gasteiger charge is 2.39. The van der Waals surface area contributed by atoms with Gasteiger partial charge < -0.3 is 10.1 Å². The predicted molar refractivity (Wildman–Crippen MR) is 78.3 cm³/mol. The van der Waals surface area contributed by atoms with E-state index in [1.54, 1.807) is 0 Å². The lowest BCUT2D eigenvalue weighted by atomic mass is 9.82. The molecule has 0 amide bonds. The lowest BCUT2D eigenvalue weighted by Crippen LogP contribution is -2.60.